The largest absolute Gasteiger partial charge is 0.494 e. The quantitative estimate of drug-likeness (QED) is 0.680. The first-order valence-electron chi connectivity index (χ1n) is 6.17. The summed E-state index contributed by atoms with van der Waals surface area (Å²) in [6.45, 7) is 1.90. The molecular formula is C15H13BrCl2FNO. The summed E-state index contributed by atoms with van der Waals surface area (Å²) < 4.78 is 19.5. The molecule has 0 saturated heterocycles. The van der Waals surface area contributed by atoms with E-state index >= 15 is 0 Å². The molecule has 21 heavy (non-hydrogen) atoms. The lowest BCUT2D eigenvalue weighted by atomic mass is 10.1. The third kappa shape index (κ3) is 3.82. The minimum Gasteiger partial charge on any atom is -0.494 e. The van der Waals surface area contributed by atoms with Gasteiger partial charge in [0.25, 0.3) is 0 Å². The van der Waals surface area contributed by atoms with Crippen LogP contribution in [0, 0.1) is 5.82 Å². The summed E-state index contributed by atoms with van der Waals surface area (Å²) in [4.78, 5) is 0. The smallest absolute Gasteiger partial charge is 0.165 e. The van der Waals surface area contributed by atoms with Crippen molar-refractivity contribution in [3.8, 4) is 5.75 Å². The molecule has 1 atom stereocenters. The predicted octanol–water partition coefficient (Wildman–Crippen LogP) is 6.08. The first kappa shape index (κ1) is 16.4. The average molecular weight is 393 g/mol. The summed E-state index contributed by atoms with van der Waals surface area (Å²) in [6, 6.07) is 8.14. The van der Waals surface area contributed by atoms with Crippen LogP contribution in [0.25, 0.3) is 0 Å². The molecule has 0 amide bonds. The summed E-state index contributed by atoms with van der Waals surface area (Å²) in [5.74, 6) is -0.192. The Morgan fingerprint density at radius 3 is 2.33 bits per heavy atom. The van der Waals surface area contributed by atoms with Gasteiger partial charge >= 0.3 is 0 Å². The van der Waals surface area contributed by atoms with Crippen molar-refractivity contribution < 1.29 is 9.13 Å². The Morgan fingerprint density at radius 1 is 1.19 bits per heavy atom. The molecule has 0 aliphatic rings. The van der Waals surface area contributed by atoms with E-state index in [0.717, 1.165) is 10.0 Å². The zero-order valence-electron chi connectivity index (χ0n) is 11.4. The number of ether oxygens (including phenoxy) is 1. The van der Waals surface area contributed by atoms with E-state index in [0.29, 0.717) is 15.7 Å². The molecule has 0 aliphatic heterocycles. The SMILES string of the molecule is COc1ccc(C(C)Nc2c(Cl)cc(Br)cc2Cl)cc1F. The number of hydrogen-bond acceptors (Lipinski definition) is 2. The monoisotopic (exact) mass is 391 g/mol. The molecule has 0 bridgehead atoms. The van der Waals surface area contributed by atoms with Crippen LogP contribution in [0.5, 0.6) is 5.75 Å². The van der Waals surface area contributed by atoms with Crippen molar-refractivity contribution >= 4 is 44.8 Å². The van der Waals surface area contributed by atoms with E-state index in [1.807, 2.05) is 6.92 Å². The van der Waals surface area contributed by atoms with Crippen molar-refractivity contribution in [2.45, 2.75) is 13.0 Å². The first-order chi connectivity index (χ1) is 9.92. The Balaban J connectivity index is 2.26. The van der Waals surface area contributed by atoms with Crippen LogP contribution in [-0.4, -0.2) is 7.11 Å². The third-order valence-electron chi connectivity index (χ3n) is 3.04. The lowest BCUT2D eigenvalue weighted by molar-refractivity contribution is 0.386. The van der Waals surface area contributed by atoms with Gasteiger partial charge in [0, 0.05) is 10.5 Å². The Morgan fingerprint density at radius 2 is 1.81 bits per heavy atom. The zero-order valence-corrected chi connectivity index (χ0v) is 14.5. The third-order valence-corrected chi connectivity index (χ3v) is 4.10. The summed E-state index contributed by atoms with van der Waals surface area (Å²) in [7, 11) is 1.43. The molecule has 2 aromatic carbocycles. The van der Waals surface area contributed by atoms with Gasteiger partial charge in [-0.15, -0.1) is 0 Å². The molecule has 0 spiro atoms. The topological polar surface area (TPSA) is 21.3 Å². The molecule has 0 saturated carbocycles. The van der Waals surface area contributed by atoms with Crippen molar-refractivity contribution in [3.63, 3.8) is 0 Å². The van der Waals surface area contributed by atoms with Gasteiger partial charge in [-0.25, -0.2) is 4.39 Å². The molecule has 0 aromatic heterocycles. The molecular weight excluding hydrogens is 380 g/mol. The second-order valence-corrected chi connectivity index (χ2v) is 6.23. The normalized spacial score (nSPS) is 12.1. The fourth-order valence-corrected chi connectivity index (χ4v) is 3.25. The number of hydrogen-bond donors (Lipinski definition) is 1. The van der Waals surface area contributed by atoms with Crippen molar-refractivity contribution in [2.24, 2.45) is 0 Å². The van der Waals surface area contributed by atoms with Gasteiger partial charge < -0.3 is 10.1 Å². The molecule has 0 heterocycles. The summed E-state index contributed by atoms with van der Waals surface area (Å²) in [5, 5.41) is 4.19. The van der Waals surface area contributed by atoms with Gasteiger partial charge in [-0.2, -0.15) is 0 Å². The van der Waals surface area contributed by atoms with Gasteiger partial charge in [0.1, 0.15) is 0 Å². The highest BCUT2D eigenvalue weighted by atomic mass is 79.9. The van der Waals surface area contributed by atoms with Crippen molar-refractivity contribution in [1.29, 1.82) is 0 Å². The standard InChI is InChI=1S/C15H13BrCl2FNO/c1-8(9-3-4-14(21-2)13(19)5-9)20-15-11(17)6-10(16)7-12(15)18/h3-8,20H,1-2H3. The van der Waals surface area contributed by atoms with E-state index in [4.69, 9.17) is 27.9 Å². The minimum atomic E-state index is -0.406. The van der Waals surface area contributed by atoms with Gasteiger partial charge in [0.2, 0.25) is 0 Å². The first-order valence-corrected chi connectivity index (χ1v) is 7.71. The van der Waals surface area contributed by atoms with Crippen molar-refractivity contribution in [3.05, 3.63) is 56.2 Å². The van der Waals surface area contributed by atoms with Crippen LogP contribution in [0.3, 0.4) is 0 Å². The zero-order chi connectivity index (χ0) is 15.6. The van der Waals surface area contributed by atoms with Crippen molar-refractivity contribution in [2.75, 3.05) is 12.4 Å². The van der Waals surface area contributed by atoms with Crippen molar-refractivity contribution in [1.82, 2.24) is 0 Å². The highest BCUT2D eigenvalue weighted by molar-refractivity contribution is 9.10. The number of methoxy groups -OCH3 is 1. The molecule has 2 nitrogen and oxygen atoms in total. The summed E-state index contributed by atoms with van der Waals surface area (Å²) in [6.07, 6.45) is 0. The summed E-state index contributed by atoms with van der Waals surface area (Å²) in [5.41, 5.74) is 1.38. The molecule has 1 unspecified atom stereocenters. The molecule has 0 fully saturated rings. The number of benzene rings is 2. The maximum absolute atomic E-state index is 13.7. The van der Waals surface area contributed by atoms with Crippen LogP contribution in [0.2, 0.25) is 10.0 Å². The van der Waals surface area contributed by atoms with E-state index in [9.17, 15) is 4.39 Å². The van der Waals surface area contributed by atoms with Crippen LogP contribution in [-0.2, 0) is 0 Å². The van der Waals surface area contributed by atoms with Gasteiger partial charge in [0.05, 0.1) is 22.8 Å². The van der Waals surface area contributed by atoms with Gasteiger partial charge in [0.15, 0.2) is 11.6 Å². The van der Waals surface area contributed by atoms with Gasteiger partial charge in [-0.05, 0) is 36.8 Å². The lowest BCUT2D eigenvalue weighted by Crippen LogP contribution is -2.08. The second-order valence-electron chi connectivity index (χ2n) is 4.50. The number of anilines is 1. The fraction of sp³-hybridized carbons (Fsp3) is 0.200. The highest BCUT2D eigenvalue weighted by Crippen LogP contribution is 2.36. The number of nitrogens with one attached hydrogen (secondary N) is 1. The maximum atomic E-state index is 13.7. The molecule has 2 aromatic rings. The lowest BCUT2D eigenvalue weighted by Gasteiger charge is -2.18. The van der Waals surface area contributed by atoms with Crippen LogP contribution in [0.15, 0.2) is 34.8 Å². The Labute approximate surface area is 141 Å². The van der Waals surface area contributed by atoms with E-state index in [-0.39, 0.29) is 11.8 Å². The van der Waals surface area contributed by atoms with Crippen LogP contribution < -0.4 is 10.1 Å². The van der Waals surface area contributed by atoms with Crippen LogP contribution in [0.4, 0.5) is 10.1 Å². The number of rotatable bonds is 4. The van der Waals surface area contributed by atoms with E-state index in [1.54, 1.807) is 24.3 Å². The van der Waals surface area contributed by atoms with E-state index in [1.165, 1.54) is 13.2 Å². The molecule has 1 N–H and O–H groups in total. The fourth-order valence-electron chi connectivity index (χ4n) is 1.93. The maximum Gasteiger partial charge on any atom is 0.165 e. The minimum absolute atomic E-state index is 0.165. The van der Waals surface area contributed by atoms with E-state index < -0.39 is 5.82 Å². The summed E-state index contributed by atoms with van der Waals surface area (Å²) >= 11 is 15.7. The molecule has 0 radical (unpaired) electrons. The number of halogens is 4. The molecule has 2 rings (SSSR count). The Kier molecular flexibility index (Phi) is 5.36. The molecule has 0 aliphatic carbocycles. The predicted molar refractivity (Wildman–Crippen MR) is 89.2 cm³/mol. The average Bonchev–Trinajstić information content (AvgIpc) is 2.42. The van der Waals surface area contributed by atoms with Gasteiger partial charge in [-0.1, -0.05) is 45.2 Å². The van der Waals surface area contributed by atoms with E-state index in [2.05, 4.69) is 21.2 Å². The van der Waals surface area contributed by atoms with Crippen LogP contribution >= 0.6 is 39.1 Å². The molecule has 112 valence electrons. The van der Waals surface area contributed by atoms with Crippen LogP contribution in [0.1, 0.15) is 18.5 Å². The van der Waals surface area contributed by atoms with Gasteiger partial charge in [-0.3, -0.25) is 0 Å². The highest BCUT2D eigenvalue weighted by Gasteiger charge is 2.13. The molecule has 6 heteroatoms. The Hall–Kier alpha value is -0.970. The second kappa shape index (κ2) is 6.86. The Bertz CT molecular complexity index is 643.